The first-order valence-electron chi connectivity index (χ1n) is 6.35. The summed E-state index contributed by atoms with van der Waals surface area (Å²) in [6, 6.07) is -0.943. The number of hydrogen-bond acceptors (Lipinski definition) is 5. The summed E-state index contributed by atoms with van der Waals surface area (Å²) in [4.78, 5) is 29.8. The molecule has 0 aliphatic heterocycles. The van der Waals surface area contributed by atoms with E-state index in [1.54, 1.807) is 18.3 Å². The highest BCUT2D eigenvalue weighted by Gasteiger charge is 2.22. The molecule has 100 valence electrons. The third-order valence-corrected chi connectivity index (χ3v) is 4.84. The van der Waals surface area contributed by atoms with E-state index in [0.717, 1.165) is 29.7 Å². The first kappa shape index (κ1) is 12.3. The molecule has 3 rings (SSSR count). The molecule has 0 amide bonds. The Bertz CT molecular complexity index is 716. The van der Waals surface area contributed by atoms with Crippen LogP contribution in [-0.2, 0) is 17.6 Å². The van der Waals surface area contributed by atoms with Crippen molar-refractivity contribution in [1.29, 1.82) is 0 Å². The SMILES string of the molecule is CCC(C(=O)[O-])n1cnc2sc3c(c2c1=O)CCC3. The van der Waals surface area contributed by atoms with Crippen molar-refractivity contribution < 1.29 is 9.90 Å². The lowest BCUT2D eigenvalue weighted by Gasteiger charge is -2.18. The molecule has 0 saturated carbocycles. The van der Waals surface area contributed by atoms with Gasteiger partial charge in [0.1, 0.15) is 4.83 Å². The molecule has 0 fully saturated rings. The van der Waals surface area contributed by atoms with Gasteiger partial charge < -0.3 is 9.90 Å². The first-order valence-corrected chi connectivity index (χ1v) is 7.17. The predicted molar refractivity (Wildman–Crippen MR) is 70.2 cm³/mol. The second-order valence-electron chi connectivity index (χ2n) is 4.74. The second-order valence-corrected chi connectivity index (χ2v) is 5.82. The van der Waals surface area contributed by atoms with E-state index in [-0.39, 0.29) is 5.56 Å². The zero-order chi connectivity index (χ0) is 13.6. The van der Waals surface area contributed by atoms with Crippen molar-refractivity contribution in [2.24, 2.45) is 0 Å². The fourth-order valence-electron chi connectivity index (χ4n) is 2.70. The minimum absolute atomic E-state index is 0.250. The molecule has 0 bridgehead atoms. The van der Waals surface area contributed by atoms with E-state index in [0.29, 0.717) is 11.8 Å². The summed E-state index contributed by atoms with van der Waals surface area (Å²) in [5.74, 6) is -1.24. The van der Waals surface area contributed by atoms with Crippen molar-refractivity contribution in [3.63, 3.8) is 0 Å². The van der Waals surface area contributed by atoms with Crippen LogP contribution in [0.1, 0.15) is 36.2 Å². The van der Waals surface area contributed by atoms with Crippen LogP contribution in [0.4, 0.5) is 0 Å². The van der Waals surface area contributed by atoms with Crippen LogP contribution in [0.15, 0.2) is 11.1 Å². The van der Waals surface area contributed by atoms with Crippen LogP contribution in [0.2, 0.25) is 0 Å². The quantitative estimate of drug-likeness (QED) is 0.825. The Morgan fingerprint density at radius 3 is 3.05 bits per heavy atom. The maximum Gasteiger partial charge on any atom is 0.262 e. The van der Waals surface area contributed by atoms with E-state index in [4.69, 9.17) is 0 Å². The van der Waals surface area contributed by atoms with E-state index in [1.165, 1.54) is 15.8 Å². The van der Waals surface area contributed by atoms with Crippen LogP contribution >= 0.6 is 11.3 Å². The van der Waals surface area contributed by atoms with Crippen LogP contribution in [0.5, 0.6) is 0 Å². The molecule has 2 aromatic heterocycles. The number of rotatable bonds is 3. The number of carbonyl (C=O) groups excluding carboxylic acids is 1. The topological polar surface area (TPSA) is 75.0 Å². The lowest BCUT2D eigenvalue weighted by atomic mass is 10.2. The van der Waals surface area contributed by atoms with E-state index in [1.807, 2.05) is 0 Å². The number of carboxylic acids is 1. The van der Waals surface area contributed by atoms with Crippen LogP contribution in [0, 0.1) is 0 Å². The average Bonchev–Trinajstić information content (AvgIpc) is 2.92. The lowest BCUT2D eigenvalue weighted by Crippen LogP contribution is -2.38. The van der Waals surface area contributed by atoms with Crippen molar-refractivity contribution in [3.05, 3.63) is 27.1 Å². The number of thiophene rings is 1. The van der Waals surface area contributed by atoms with Gasteiger partial charge in [0.2, 0.25) is 0 Å². The van der Waals surface area contributed by atoms with Gasteiger partial charge >= 0.3 is 0 Å². The Morgan fingerprint density at radius 1 is 1.58 bits per heavy atom. The van der Waals surface area contributed by atoms with Gasteiger partial charge in [0.05, 0.1) is 23.7 Å². The molecule has 0 spiro atoms. The number of fused-ring (bicyclic) bond motifs is 3. The summed E-state index contributed by atoms with van der Waals surface area (Å²) in [6.07, 6.45) is 4.58. The number of aliphatic carboxylic acids is 1. The molecule has 0 aromatic carbocycles. The van der Waals surface area contributed by atoms with Crippen LogP contribution in [-0.4, -0.2) is 15.5 Å². The number of hydrogen-bond donors (Lipinski definition) is 0. The Kier molecular flexibility index (Phi) is 2.89. The maximum absolute atomic E-state index is 12.5. The zero-order valence-electron chi connectivity index (χ0n) is 10.5. The summed E-state index contributed by atoms with van der Waals surface area (Å²) in [5, 5.41) is 11.7. The van der Waals surface area contributed by atoms with Gasteiger partial charge in [-0.15, -0.1) is 11.3 Å². The summed E-state index contributed by atoms with van der Waals surface area (Å²) in [6.45, 7) is 1.72. The Morgan fingerprint density at radius 2 is 2.37 bits per heavy atom. The van der Waals surface area contributed by atoms with Gasteiger partial charge in [-0.1, -0.05) is 6.92 Å². The van der Waals surface area contributed by atoms with Gasteiger partial charge in [-0.05, 0) is 31.2 Å². The van der Waals surface area contributed by atoms with Crippen LogP contribution < -0.4 is 10.7 Å². The van der Waals surface area contributed by atoms with Gasteiger partial charge in [0.15, 0.2) is 0 Å². The number of carbonyl (C=O) groups is 1. The molecule has 6 heteroatoms. The van der Waals surface area contributed by atoms with E-state index < -0.39 is 12.0 Å². The highest BCUT2D eigenvalue weighted by Crippen LogP contribution is 2.34. The van der Waals surface area contributed by atoms with Crippen molar-refractivity contribution >= 4 is 27.5 Å². The smallest absolute Gasteiger partial charge is 0.262 e. The minimum Gasteiger partial charge on any atom is -0.548 e. The highest BCUT2D eigenvalue weighted by atomic mass is 32.1. The molecular formula is C13H13N2O3S-. The van der Waals surface area contributed by atoms with E-state index >= 15 is 0 Å². The third kappa shape index (κ3) is 1.78. The van der Waals surface area contributed by atoms with E-state index in [9.17, 15) is 14.7 Å². The fourth-order valence-corrected chi connectivity index (χ4v) is 3.92. The summed E-state index contributed by atoms with van der Waals surface area (Å²) in [5.41, 5.74) is 0.820. The van der Waals surface area contributed by atoms with Gasteiger partial charge in [-0.2, -0.15) is 0 Å². The summed E-state index contributed by atoms with van der Waals surface area (Å²) in [7, 11) is 0. The average molecular weight is 277 g/mol. The zero-order valence-corrected chi connectivity index (χ0v) is 11.3. The molecule has 0 radical (unpaired) electrons. The van der Waals surface area contributed by atoms with Crippen LogP contribution in [0.3, 0.4) is 0 Å². The number of aromatic nitrogens is 2. The molecule has 2 aromatic rings. The number of nitrogens with zero attached hydrogens (tertiary/aromatic N) is 2. The molecule has 2 heterocycles. The second kappa shape index (κ2) is 4.45. The fraction of sp³-hybridized carbons (Fsp3) is 0.462. The van der Waals surface area contributed by atoms with Crippen molar-refractivity contribution in [1.82, 2.24) is 9.55 Å². The van der Waals surface area contributed by atoms with Gasteiger partial charge in [0, 0.05) is 4.88 Å². The van der Waals surface area contributed by atoms with Gasteiger partial charge in [-0.25, -0.2) is 4.98 Å². The normalized spacial score (nSPS) is 15.6. The first-order chi connectivity index (χ1) is 9.13. The molecule has 19 heavy (non-hydrogen) atoms. The standard InChI is InChI=1S/C13H14N2O3S/c1-2-8(13(17)18)15-6-14-11-10(12(15)16)7-4-3-5-9(7)19-11/h6,8H,2-5H2,1H3,(H,17,18)/p-1. The van der Waals surface area contributed by atoms with Crippen molar-refractivity contribution in [3.8, 4) is 0 Å². The third-order valence-electron chi connectivity index (χ3n) is 3.65. The monoisotopic (exact) mass is 277 g/mol. The predicted octanol–water partition coefficient (Wildman–Crippen LogP) is 0.648. The highest BCUT2D eigenvalue weighted by molar-refractivity contribution is 7.18. The van der Waals surface area contributed by atoms with Crippen molar-refractivity contribution in [2.45, 2.75) is 38.6 Å². The molecular weight excluding hydrogens is 264 g/mol. The summed E-state index contributed by atoms with van der Waals surface area (Å²) >= 11 is 1.55. The Balaban J connectivity index is 2.26. The maximum atomic E-state index is 12.5. The largest absolute Gasteiger partial charge is 0.548 e. The number of aryl methyl sites for hydroxylation is 2. The van der Waals surface area contributed by atoms with E-state index in [2.05, 4.69) is 4.98 Å². The van der Waals surface area contributed by atoms with Crippen LogP contribution in [0.25, 0.3) is 10.2 Å². The molecule has 0 N–H and O–H groups in total. The Hall–Kier alpha value is -1.69. The number of carboxylic acid groups (broad SMARTS) is 1. The molecule has 1 atom stereocenters. The van der Waals surface area contributed by atoms with Gasteiger partial charge in [-0.3, -0.25) is 9.36 Å². The molecule has 1 aliphatic rings. The molecule has 1 unspecified atom stereocenters. The Labute approximate surface area is 113 Å². The molecule has 5 nitrogen and oxygen atoms in total. The van der Waals surface area contributed by atoms with Gasteiger partial charge in [0.25, 0.3) is 5.56 Å². The minimum atomic E-state index is -1.24. The lowest BCUT2D eigenvalue weighted by molar-refractivity contribution is -0.310. The van der Waals surface area contributed by atoms with Crippen molar-refractivity contribution in [2.75, 3.05) is 0 Å². The molecule has 0 saturated heterocycles. The summed E-state index contributed by atoms with van der Waals surface area (Å²) < 4.78 is 1.20. The molecule has 1 aliphatic carbocycles.